The van der Waals surface area contributed by atoms with Gasteiger partial charge in [0.1, 0.15) is 17.7 Å². The normalized spacial score (nSPS) is 27.6. The average Bonchev–Trinajstić information content (AvgIpc) is 2.33. The number of rotatable bonds is 2. The number of nitriles is 1. The summed E-state index contributed by atoms with van der Waals surface area (Å²) in [6.45, 7) is 2.17. The Morgan fingerprint density at radius 3 is 2.89 bits per heavy atom. The zero-order chi connectivity index (χ0) is 13.1. The summed E-state index contributed by atoms with van der Waals surface area (Å²) in [7, 11) is 0. The van der Waals surface area contributed by atoms with Crippen LogP contribution in [0, 0.1) is 29.0 Å². The lowest BCUT2D eigenvalue weighted by molar-refractivity contribution is 0.0948. The third-order valence-electron chi connectivity index (χ3n) is 3.39. The molecule has 2 rings (SSSR count). The maximum absolute atomic E-state index is 13.0. The monoisotopic (exact) mass is 311 g/mol. The van der Waals surface area contributed by atoms with Crippen LogP contribution in [0.1, 0.15) is 26.2 Å². The highest BCUT2D eigenvalue weighted by molar-refractivity contribution is 9.10. The molecular weight excluding hydrogens is 297 g/mol. The molecular formula is C14H15BrFNO. The number of nitrogens with zero attached hydrogens (tertiary/aromatic N) is 1. The van der Waals surface area contributed by atoms with Crippen LogP contribution in [0.25, 0.3) is 0 Å². The Hall–Kier alpha value is -1.08. The Balaban J connectivity index is 2.13. The topological polar surface area (TPSA) is 33.0 Å². The number of ether oxygens (including phenoxy) is 1. The summed E-state index contributed by atoms with van der Waals surface area (Å²) < 4.78 is 19.5. The first-order valence-corrected chi connectivity index (χ1v) is 6.90. The number of halogens is 2. The quantitative estimate of drug-likeness (QED) is 0.816. The van der Waals surface area contributed by atoms with Gasteiger partial charge < -0.3 is 4.74 Å². The second kappa shape index (κ2) is 5.71. The SMILES string of the molecule is CC1CCC(C#N)C(Oc2ccc(F)cc2Br)C1. The lowest BCUT2D eigenvalue weighted by Gasteiger charge is -2.31. The lowest BCUT2D eigenvalue weighted by Crippen LogP contribution is -2.32. The van der Waals surface area contributed by atoms with Gasteiger partial charge in [-0.1, -0.05) is 6.92 Å². The molecule has 18 heavy (non-hydrogen) atoms. The number of hydrogen-bond donors (Lipinski definition) is 0. The molecule has 1 aliphatic rings. The summed E-state index contributed by atoms with van der Waals surface area (Å²) in [6.07, 6.45) is 2.73. The molecule has 0 saturated heterocycles. The van der Waals surface area contributed by atoms with E-state index in [1.165, 1.54) is 12.1 Å². The summed E-state index contributed by atoms with van der Waals surface area (Å²) in [6, 6.07) is 6.66. The first-order chi connectivity index (χ1) is 8.60. The van der Waals surface area contributed by atoms with Crippen molar-refractivity contribution in [1.29, 1.82) is 5.26 Å². The molecule has 0 aromatic heterocycles. The van der Waals surface area contributed by atoms with E-state index in [4.69, 9.17) is 10.00 Å². The summed E-state index contributed by atoms with van der Waals surface area (Å²) >= 11 is 3.28. The van der Waals surface area contributed by atoms with Gasteiger partial charge in [-0.15, -0.1) is 0 Å². The van der Waals surface area contributed by atoms with Crippen LogP contribution in [-0.2, 0) is 0 Å². The highest BCUT2D eigenvalue weighted by Gasteiger charge is 2.30. The van der Waals surface area contributed by atoms with Gasteiger partial charge in [0.2, 0.25) is 0 Å². The largest absolute Gasteiger partial charge is 0.488 e. The second-order valence-corrected chi connectivity index (χ2v) is 5.74. The van der Waals surface area contributed by atoms with Gasteiger partial charge in [-0.05, 0) is 59.3 Å². The Bertz CT molecular complexity index is 471. The van der Waals surface area contributed by atoms with Crippen LogP contribution in [0.3, 0.4) is 0 Å². The Morgan fingerprint density at radius 1 is 1.44 bits per heavy atom. The fraction of sp³-hybridized carbons (Fsp3) is 0.500. The molecule has 3 unspecified atom stereocenters. The third-order valence-corrected chi connectivity index (χ3v) is 4.01. The molecule has 2 nitrogen and oxygen atoms in total. The van der Waals surface area contributed by atoms with E-state index in [2.05, 4.69) is 28.9 Å². The predicted molar refractivity (Wildman–Crippen MR) is 70.6 cm³/mol. The van der Waals surface area contributed by atoms with Crippen molar-refractivity contribution in [3.05, 3.63) is 28.5 Å². The van der Waals surface area contributed by atoms with Gasteiger partial charge in [-0.25, -0.2) is 4.39 Å². The fourth-order valence-electron chi connectivity index (χ4n) is 2.34. The van der Waals surface area contributed by atoms with Crippen molar-refractivity contribution in [2.45, 2.75) is 32.3 Å². The van der Waals surface area contributed by atoms with E-state index in [0.717, 1.165) is 19.3 Å². The van der Waals surface area contributed by atoms with Crippen LogP contribution in [0.4, 0.5) is 4.39 Å². The van der Waals surface area contributed by atoms with Gasteiger partial charge in [0.25, 0.3) is 0 Å². The van der Waals surface area contributed by atoms with E-state index >= 15 is 0 Å². The highest BCUT2D eigenvalue weighted by Crippen LogP contribution is 2.34. The molecule has 4 heteroatoms. The standard InChI is InChI=1S/C14H15BrFNO/c1-9-2-3-10(8-17)14(6-9)18-13-5-4-11(16)7-12(13)15/h4-5,7,9-10,14H,2-3,6H2,1H3. The maximum Gasteiger partial charge on any atom is 0.134 e. The molecule has 1 fully saturated rings. The van der Waals surface area contributed by atoms with Crippen LogP contribution < -0.4 is 4.74 Å². The van der Waals surface area contributed by atoms with E-state index < -0.39 is 0 Å². The average molecular weight is 312 g/mol. The van der Waals surface area contributed by atoms with Gasteiger partial charge in [0.15, 0.2) is 0 Å². The molecule has 1 aromatic rings. The van der Waals surface area contributed by atoms with Crippen molar-refractivity contribution in [3.63, 3.8) is 0 Å². The third kappa shape index (κ3) is 3.02. The van der Waals surface area contributed by atoms with Crippen molar-refractivity contribution in [1.82, 2.24) is 0 Å². The predicted octanol–water partition coefficient (Wildman–Crippen LogP) is 4.30. The molecule has 0 spiro atoms. The van der Waals surface area contributed by atoms with Gasteiger partial charge in [-0.3, -0.25) is 0 Å². The van der Waals surface area contributed by atoms with Gasteiger partial charge in [0.05, 0.1) is 16.5 Å². The molecule has 0 N–H and O–H groups in total. The minimum Gasteiger partial charge on any atom is -0.488 e. The first kappa shape index (κ1) is 13.4. The maximum atomic E-state index is 13.0. The molecule has 1 saturated carbocycles. The molecule has 96 valence electrons. The lowest BCUT2D eigenvalue weighted by atomic mass is 9.81. The minimum atomic E-state index is -0.303. The molecule has 3 atom stereocenters. The number of benzene rings is 1. The van der Waals surface area contributed by atoms with E-state index in [-0.39, 0.29) is 17.8 Å². The zero-order valence-corrected chi connectivity index (χ0v) is 11.8. The summed E-state index contributed by atoms with van der Waals surface area (Å²) in [5.74, 6) is 0.802. The fourth-order valence-corrected chi connectivity index (χ4v) is 2.78. The van der Waals surface area contributed by atoms with E-state index in [9.17, 15) is 4.39 Å². The van der Waals surface area contributed by atoms with Crippen LogP contribution >= 0.6 is 15.9 Å². The smallest absolute Gasteiger partial charge is 0.134 e. The second-order valence-electron chi connectivity index (χ2n) is 4.88. The molecule has 0 radical (unpaired) electrons. The molecule has 1 aromatic carbocycles. The van der Waals surface area contributed by atoms with E-state index in [0.29, 0.717) is 16.1 Å². The highest BCUT2D eigenvalue weighted by atomic mass is 79.9. The Kier molecular flexibility index (Phi) is 4.23. The molecule has 0 amide bonds. The van der Waals surface area contributed by atoms with E-state index in [1.807, 2.05) is 0 Å². The molecule has 0 bridgehead atoms. The number of hydrogen-bond acceptors (Lipinski definition) is 2. The van der Waals surface area contributed by atoms with E-state index in [1.54, 1.807) is 6.07 Å². The van der Waals surface area contributed by atoms with Crippen molar-refractivity contribution in [2.75, 3.05) is 0 Å². The van der Waals surface area contributed by atoms with Gasteiger partial charge in [0, 0.05) is 0 Å². The van der Waals surface area contributed by atoms with Crippen molar-refractivity contribution in [2.24, 2.45) is 11.8 Å². The van der Waals surface area contributed by atoms with Crippen molar-refractivity contribution < 1.29 is 9.13 Å². The summed E-state index contributed by atoms with van der Waals surface area (Å²) in [5.41, 5.74) is 0. The van der Waals surface area contributed by atoms with Crippen LogP contribution in [0.5, 0.6) is 5.75 Å². The molecule has 0 heterocycles. The minimum absolute atomic E-state index is 0.0712. The summed E-state index contributed by atoms with van der Waals surface area (Å²) in [4.78, 5) is 0. The van der Waals surface area contributed by atoms with Crippen LogP contribution in [0.15, 0.2) is 22.7 Å². The van der Waals surface area contributed by atoms with Gasteiger partial charge in [-0.2, -0.15) is 5.26 Å². The zero-order valence-electron chi connectivity index (χ0n) is 10.2. The molecule has 0 aliphatic heterocycles. The van der Waals surface area contributed by atoms with Gasteiger partial charge >= 0.3 is 0 Å². The Morgan fingerprint density at radius 2 is 2.22 bits per heavy atom. The Labute approximate surface area is 115 Å². The molecule has 1 aliphatic carbocycles. The van der Waals surface area contributed by atoms with Crippen molar-refractivity contribution >= 4 is 15.9 Å². The summed E-state index contributed by atoms with van der Waals surface area (Å²) in [5, 5.41) is 9.14. The van der Waals surface area contributed by atoms with Crippen LogP contribution in [-0.4, -0.2) is 6.10 Å². The first-order valence-electron chi connectivity index (χ1n) is 6.11. The van der Waals surface area contributed by atoms with Crippen molar-refractivity contribution in [3.8, 4) is 11.8 Å². The van der Waals surface area contributed by atoms with Crippen LogP contribution in [0.2, 0.25) is 0 Å².